The fourth-order valence-corrected chi connectivity index (χ4v) is 5.33. The number of alkyl halides is 4. The third-order valence-electron chi connectivity index (χ3n) is 5.99. The van der Waals surface area contributed by atoms with Gasteiger partial charge in [0.15, 0.2) is 16.5 Å². The number of rotatable bonds is 6. The molecule has 3 aromatic heterocycles. The quantitative estimate of drug-likeness (QED) is 0.286. The molecule has 1 aliphatic heterocycles. The van der Waals surface area contributed by atoms with E-state index >= 15 is 0 Å². The predicted octanol–water partition coefficient (Wildman–Crippen LogP) is 4.28. The summed E-state index contributed by atoms with van der Waals surface area (Å²) in [4.78, 5) is 12.4. The Hall–Kier alpha value is -3.56. The van der Waals surface area contributed by atoms with Crippen LogP contribution >= 0.6 is 11.6 Å². The number of fused-ring (bicyclic) bond motifs is 1. The van der Waals surface area contributed by atoms with Gasteiger partial charge in [-0.3, -0.25) is 9.82 Å². The molecule has 4 heterocycles. The van der Waals surface area contributed by atoms with Crippen LogP contribution in [0.3, 0.4) is 0 Å². The number of pyridine rings is 1. The van der Waals surface area contributed by atoms with Gasteiger partial charge < -0.3 is 10.1 Å². The largest absolute Gasteiger partial charge is 0.471 e. The van der Waals surface area contributed by atoms with Crippen LogP contribution < -0.4 is 14.8 Å². The van der Waals surface area contributed by atoms with E-state index in [1.165, 1.54) is 18.2 Å². The first kappa shape index (κ1) is 27.0. The van der Waals surface area contributed by atoms with Crippen molar-refractivity contribution < 1.29 is 30.7 Å². The number of nitrogens with zero attached hydrogens (tertiary/aromatic N) is 4. The second kappa shape index (κ2) is 10.2. The van der Waals surface area contributed by atoms with Gasteiger partial charge in [0.2, 0.25) is 5.88 Å². The first-order chi connectivity index (χ1) is 18.4. The molecule has 39 heavy (non-hydrogen) atoms. The van der Waals surface area contributed by atoms with Gasteiger partial charge in [-0.2, -0.15) is 31.7 Å². The Labute approximate surface area is 224 Å². The molecule has 0 amide bonds. The Morgan fingerprint density at radius 1 is 1.18 bits per heavy atom. The first-order valence-corrected chi connectivity index (χ1v) is 13.4. The Balaban J connectivity index is 1.45. The lowest BCUT2D eigenvalue weighted by Gasteiger charge is -2.27. The van der Waals surface area contributed by atoms with E-state index in [2.05, 4.69) is 35.2 Å². The van der Waals surface area contributed by atoms with E-state index < -0.39 is 39.1 Å². The third kappa shape index (κ3) is 5.60. The number of H-pyrrole nitrogens is 1. The lowest BCUT2D eigenvalue weighted by atomic mass is 10.1. The van der Waals surface area contributed by atoms with E-state index in [0.29, 0.717) is 47.4 Å². The molecular weight excluding hydrogens is 566 g/mol. The Kier molecular flexibility index (Phi) is 7.07. The minimum atomic E-state index is -4.75. The number of aromatic amines is 1. The highest BCUT2D eigenvalue weighted by Gasteiger charge is 2.32. The second-order valence-electron chi connectivity index (χ2n) is 8.73. The standard InChI is InChI=1S/C23H20ClF4N7O3S/c1-11-19-21(34-33-11)31-20(32-22(19)38-17-5-6-29-10-15(17)25)12-2-3-16(14(24)8-12)35-39(36,37)18-9-13(4-7-30-18)23(26,27)28/h2-4,7-9,15,17,29,35H,5-6,10H2,1H3,(H,31,32,33,34)/t15-,17+/m0/s1. The van der Waals surface area contributed by atoms with Gasteiger partial charge in [0, 0.05) is 18.3 Å². The van der Waals surface area contributed by atoms with Crippen molar-refractivity contribution in [2.45, 2.75) is 36.8 Å². The number of hydrogen-bond donors (Lipinski definition) is 3. The van der Waals surface area contributed by atoms with Crippen LogP contribution in [0.15, 0.2) is 41.6 Å². The summed E-state index contributed by atoms with van der Waals surface area (Å²) in [6.07, 6.45) is -5.53. The summed E-state index contributed by atoms with van der Waals surface area (Å²) in [6.45, 7) is 2.46. The number of anilines is 1. The zero-order valence-corrected chi connectivity index (χ0v) is 21.6. The molecule has 1 saturated heterocycles. The van der Waals surface area contributed by atoms with E-state index in [4.69, 9.17) is 16.3 Å². The van der Waals surface area contributed by atoms with E-state index in [9.17, 15) is 26.0 Å². The summed E-state index contributed by atoms with van der Waals surface area (Å²) < 4.78 is 87.0. The molecule has 10 nitrogen and oxygen atoms in total. The Morgan fingerprint density at radius 3 is 2.69 bits per heavy atom. The van der Waals surface area contributed by atoms with Crippen LogP contribution in [0.2, 0.25) is 5.02 Å². The smallest absolute Gasteiger partial charge is 0.416 e. The SMILES string of the molecule is Cc1n[nH]c2nc(-c3ccc(NS(=O)(=O)c4cc(C(F)(F)F)ccn4)c(Cl)c3)nc(O[C@@H]3CCNC[C@@H]3F)c12. The van der Waals surface area contributed by atoms with Crippen LogP contribution in [-0.4, -0.2) is 58.9 Å². The predicted molar refractivity (Wildman–Crippen MR) is 134 cm³/mol. The van der Waals surface area contributed by atoms with Crippen LogP contribution in [0, 0.1) is 6.92 Å². The minimum absolute atomic E-state index is 0.0859. The number of benzene rings is 1. The number of aryl methyl sites for hydroxylation is 1. The van der Waals surface area contributed by atoms with Crippen LogP contribution in [0.25, 0.3) is 22.4 Å². The zero-order valence-electron chi connectivity index (χ0n) is 20.1. The Morgan fingerprint density at radius 2 is 1.97 bits per heavy atom. The van der Waals surface area contributed by atoms with E-state index in [0.717, 1.165) is 6.20 Å². The zero-order chi connectivity index (χ0) is 27.9. The van der Waals surface area contributed by atoms with E-state index in [1.54, 1.807) is 6.92 Å². The Bertz CT molecular complexity index is 1650. The van der Waals surface area contributed by atoms with Crippen LogP contribution in [0.5, 0.6) is 5.88 Å². The molecule has 0 saturated carbocycles. The highest BCUT2D eigenvalue weighted by atomic mass is 35.5. The van der Waals surface area contributed by atoms with Crippen molar-refractivity contribution in [3.8, 4) is 17.3 Å². The molecule has 1 fully saturated rings. The molecule has 2 atom stereocenters. The van der Waals surface area contributed by atoms with Crippen molar-refractivity contribution >= 4 is 38.3 Å². The van der Waals surface area contributed by atoms with Gasteiger partial charge in [-0.1, -0.05) is 11.6 Å². The molecule has 1 aliphatic rings. The molecule has 0 unspecified atom stereocenters. The van der Waals surface area contributed by atoms with E-state index in [-0.39, 0.29) is 29.0 Å². The number of aromatic nitrogens is 5. The summed E-state index contributed by atoms with van der Waals surface area (Å²) >= 11 is 6.32. The number of piperidine rings is 1. The van der Waals surface area contributed by atoms with Gasteiger partial charge in [-0.05, 0) is 50.2 Å². The number of halogens is 5. The van der Waals surface area contributed by atoms with Gasteiger partial charge in [0.1, 0.15) is 17.7 Å². The maximum absolute atomic E-state index is 14.4. The second-order valence-corrected chi connectivity index (χ2v) is 10.8. The first-order valence-electron chi connectivity index (χ1n) is 11.5. The molecular formula is C23H20ClF4N7O3S. The molecule has 0 radical (unpaired) electrons. The summed E-state index contributed by atoms with van der Waals surface area (Å²) in [5.41, 5.74) is -0.0106. The van der Waals surface area contributed by atoms with Gasteiger partial charge in [-0.15, -0.1) is 0 Å². The average molecular weight is 586 g/mol. The summed E-state index contributed by atoms with van der Waals surface area (Å²) in [5.74, 6) is 0.272. The molecule has 4 aromatic rings. The summed E-state index contributed by atoms with van der Waals surface area (Å²) in [7, 11) is -4.50. The molecule has 16 heteroatoms. The molecule has 0 bridgehead atoms. The monoisotopic (exact) mass is 585 g/mol. The number of sulfonamides is 1. The van der Waals surface area contributed by atoms with Crippen molar-refractivity contribution in [1.82, 2.24) is 30.5 Å². The van der Waals surface area contributed by atoms with Crippen molar-refractivity contribution in [3.05, 3.63) is 52.8 Å². The van der Waals surface area contributed by atoms with Crippen molar-refractivity contribution in [2.24, 2.45) is 0 Å². The van der Waals surface area contributed by atoms with Gasteiger partial charge in [-0.25, -0.2) is 14.4 Å². The maximum Gasteiger partial charge on any atom is 0.416 e. The molecule has 206 valence electrons. The highest BCUT2D eigenvalue weighted by molar-refractivity contribution is 7.92. The lowest BCUT2D eigenvalue weighted by Crippen LogP contribution is -2.44. The maximum atomic E-state index is 14.4. The fourth-order valence-electron chi connectivity index (χ4n) is 3.99. The number of ether oxygens (including phenoxy) is 1. The molecule has 1 aromatic carbocycles. The van der Waals surface area contributed by atoms with Crippen molar-refractivity contribution in [2.75, 3.05) is 17.8 Å². The van der Waals surface area contributed by atoms with Gasteiger partial charge >= 0.3 is 6.18 Å². The molecule has 5 rings (SSSR count). The van der Waals surface area contributed by atoms with Crippen LogP contribution in [-0.2, 0) is 16.2 Å². The van der Waals surface area contributed by atoms with Gasteiger partial charge in [0.05, 0.1) is 22.0 Å². The van der Waals surface area contributed by atoms with Gasteiger partial charge in [0.25, 0.3) is 10.0 Å². The summed E-state index contributed by atoms with van der Waals surface area (Å²) in [6, 6.07) is 5.22. The highest BCUT2D eigenvalue weighted by Crippen LogP contribution is 2.34. The molecule has 3 N–H and O–H groups in total. The molecule has 0 spiro atoms. The average Bonchev–Trinajstić information content (AvgIpc) is 3.27. The number of nitrogens with one attached hydrogen (secondary N) is 3. The third-order valence-corrected chi connectivity index (χ3v) is 7.56. The lowest BCUT2D eigenvalue weighted by molar-refractivity contribution is -0.137. The fraction of sp³-hybridized carbons (Fsp3) is 0.304. The molecule has 0 aliphatic carbocycles. The van der Waals surface area contributed by atoms with E-state index in [1.807, 2.05) is 0 Å². The van der Waals surface area contributed by atoms with Crippen LogP contribution in [0.4, 0.5) is 23.2 Å². The van der Waals surface area contributed by atoms with Crippen LogP contribution in [0.1, 0.15) is 17.7 Å². The van der Waals surface area contributed by atoms with Crippen molar-refractivity contribution in [1.29, 1.82) is 0 Å². The summed E-state index contributed by atoms with van der Waals surface area (Å²) in [5, 5.41) is 9.45. The minimum Gasteiger partial charge on any atom is -0.471 e. The number of hydrogen-bond acceptors (Lipinski definition) is 8. The van der Waals surface area contributed by atoms with Crippen molar-refractivity contribution in [3.63, 3.8) is 0 Å². The normalized spacial score (nSPS) is 18.3. The topological polar surface area (TPSA) is 135 Å².